The van der Waals surface area contributed by atoms with E-state index in [1.165, 1.54) is 0 Å². The average Bonchev–Trinajstić information content (AvgIpc) is 2.99. The molecule has 27 heavy (non-hydrogen) atoms. The van der Waals surface area contributed by atoms with Crippen LogP contribution < -0.4 is 10.6 Å². The minimum absolute atomic E-state index is 0.175. The summed E-state index contributed by atoms with van der Waals surface area (Å²) < 4.78 is 2.01. The Morgan fingerprint density at radius 3 is 2.52 bits per heavy atom. The highest BCUT2D eigenvalue weighted by molar-refractivity contribution is 5.95. The minimum atomic E-state index is -0.290. The van der Waals surface area contributed by atoms with Gasteiger partial charge in [-0.05, 0) is 37.6 Å². The molecule has 1 aromatic heterocycles. The Morgan fingerprint density at radius 1 is 1.07 bits per heavy atom. The number of aryl methyl sites for hydroxylation is 1. The minimum Gasteiger partial charge on any atom is -0.349 e. The van der Waals surface area contributed by atoms with Gasteiger partial charge in [0.15, 0.2) is 0 Å². The number of aromatic nitrogens is 2. The molecule has 1 unspecified atom stereocenters. The van der Waals surface area contributed by atoms with E-state index >= 15 is 0 Å². The molecule has 2 aromatic carbocycles. The van der Waals surface area contributed by atoms with Crippen LogP contribution in [0.4, 0.5) is 5.95 Å². The number of carbonyl (C=O) groups is 2. The summed E-state index contributed by atoms with van der Waals surface area (Å²) in [5, 5.41) is 5.74. The Morgan fingerprint density at radius 2 is 1.78 bits per heavy atom. The van der Waals surface area contributed by atoms with E-state index in [-0.39, 0.29) is 24.3 Å². The van der Waals surface area contributed by atoms with Crippen LogP contribution in [0, 0.1) is 0 Å². The molecule has 2 amide bonds. The van der Waals surface area contributed by atoms with E-state index in [0.717, 1.165) is 24.0 Å². The van der Waals surface area contributed by atoms with Gasteiger partial charge in [-0.25, -0.2) is 4.98 Å². The van der Waals surface area contributed by atoms with Crippen LogP contribution in [0.5, 0.6) is 0 Å². The molecule has 1 atom stereocenters. The van der Waals surface area contributed by atoms with Gasteiger partial charge in [0.2, 0.25) is 11.9 Å². The predicted octanol–water partition coefficient (Wildman–Crippen LogP) is 3.59. The normalized spacial score (nSPS) is 11.9. The number of anilines is 1. The van der Waals surface area contributed by atoms with Crippen molar-refractivity contribution in [1.29, 1.82) is 0 Å². The summed E-state index contributed by atoms with van der Waals surface area (Å²) in [6.07, 6.45) is 1.11. The van der Waals surface area contributed by atoms with Crippen molar-refractivity contribution in [2.24, 2.45) is 0 Å². The Kier molecular flexibility index (Phi) is 5.86. The fourth-order valence-electron chi connectivity index (χ4n) is 3.02. The van der Waals surface area contributed by atoms with Crippen LogP contribution in [0.15, 0.2) is 54.6 Å². The monoisotopic (exact) mass is 364 g/mol. The standard InChI is InChI=1S/C21H24N4O2/c1-3-13-25-18-12-8-7-11-17(18)23-21(25)24-19(26)14-15(2)22-20(27)16-9-5-4-6-10-16/h4-12,15H,3,13-14H2,1-2H3,(H,22,27)(H,23,24,26). The Labute approximate surface area is 158 Å². The van der Waals surface area contributed by atoms with Gasteiger partial charge in [0.25, 0.3) is 5.91 Å². The zero-order chi connectivity index (χ0) is 19.2. The van der Waals surface area contributed by atoms with E-state index in [1.807, 2.05) is 54.0 Å². The van der Waals surface area contributed by atoms with Gasteiger partial charge in [-0.1, -0.05) is 37.3 Å². The topological polar surface area (TPSA) is 76.0 Å². The van der Waals surface area contributed by atoms with Crippen molar-refractivity contribution < 1.29 is 9.59 Å². The van der Waals surface area contributed by atoms with Gasteiger partial charge >= 0.3 is 0 Å². The average molecular weight is 364 g/mol. The van der Waals surface area contributed by atoms with Crippen LogP contribution in [0.3, 0.4) is 0 Å². The third-order valence-electron chi connectivity index (χ3n) is 4.26. The van der Waals surface area contributed by atoms with Crippen molar-refractivity contribution in [2.75, 3.05) is 5.32 Å². The molecular formula is C21H24N4O2. The van der Waals surface area contributed by atoms with E-state index in [0.29, 0.717) is 11.5 Å². The number of nitrogens with zero attached hydrogens (tertiary/aromatic N) is 2. The Balaban J connectivity index is 1.64. The van der Waals surface area contributed by atoms with E-state index in [2.05, 4.69) is 22.5 Å². The molecule has 0 fully saturated rings. The first kappa shape index (κ1) is 18.6. The molecule has 2 N–H and O–H groups in total. The third-order valence-corrected chi connectivity index (χ3v) is 4.26. The fraction of sp³-hybridized carbons (Fsp3) is 0.286. The third kappa shape index (κ3) is 4.53. The van der Waals surface area contributed by atoms with E-state index in [4.69, 9.17) is 0 Å². The zero-order valence-corrected chi connectivity index (χ0v) is 15.6. The number of amides is 2. The molecule has 3 rings (SSSR count). The van der Waals surface area contributed by atoms with Gasteiger partial charge in [-0.15, -0.1) is 0 Å². The predicted molar refractivity (Wildman–Crippen MR) is 107 cm³/mol. The molecule has 6 nitrogen and oxygen atoms in total. The van der Waals surface area contributed by atoms with Crippen molar-refractivity contribution in [3.8, 4) is 0 Å². The lowest BCUT2D eigenvalue weighted by Gasteiger charge is -2.14. The molecule has 0 saturated heterocycles. The maximum absolute atomic E-state index is 12.5. The van der Waals surface area contributed by atoms with Gasteiger partial charge in [0.05, 0.1) is 11.0 Å². The quantitative estimate of drug-likeness (QED) is 0.673. The molecule has 6 heteroatoms. The number of carbonyl (C=O) groups excluding carboxylic acids is 2. The molecule has 0 aliphatic carbocycles. The highest BCUT2D eigenvalue weighted by atomic mass is 16.2. The van der Waals surface area contributed by atoms with Crippen LogP contribution >= 0.6 is 0 Å². The summed E-state index contributed by atoms with van der Waals surface area (Å²) >= 11 is 0. The fourth-order valence-corrected chi connectivity index (χ4v) is 3.02. The first-order valence-corrected chi connectivity index (χ1v) is 9.19. The summed E-state index contributed by atoms with van der Waals surface area (Å²) in [6.45, 7) is 4.67. The van der Waals surface area contributed by atoms with Crippen molar-refractivity contribution >= 4 is 28.8 Å². The van der Waals surface area contributed by atoms with E-state index in [1.54, 1.807) is 12.1 Å². The molecule has 140 valence electrons. The first-order valence-electron chi connectivity index (χ1n) is 9.19. The smallest absolute Gasteiger partial charge is 0.251 e. The number of hydrogen-bond donors (Lipinski definition) is 2. The number of imidazole rings is 1. The summed E-state index contributed by atoms with van der Waals surface area (Å²) in [4.78, 5) is 29.2. The maximum atomic E-state index is 12.5. The molecule has 0 aliphatic heterocycles. The van der Waals surface area contributed by atoms with Gasteiger partial charge in [-0.2, -0.15) is 0 Å². The molecule has 0 radical (unpaired) electrons. The number of para-hydroxylation sites is 2. The highest BCUT2D eigenvalue weighted by Crippen LogP contribution is 2.20. The highest BCUT2D eigenvalue weighted by Gasteiger charge is 2.16. The lowest BCUT2D eigenvalue weighted by atomic mass is 10.1. The van der Waals surface area contributed by atoms with Crippen LogP contribution in [-0.2, 0) is 11.3 Å². The summed E-state index contributed by atoms with van der Waals surface area (Å²) in [5.41, 5.74) is 2.43. The van der Waals surface area contributed by atoms with Crippen LogP contribution in [0.25, 0.3) is 11.0 Å². The molecule has 1 heterocycles. The van der Waals surface area contributed by atoms with Crippen LogP contribution in [0.1, 0.15) is 37.0 Å². The summed E-state index contributed by atoms with van der Waals surface area (Å²) in [7, 11) is 0. The van der Waals surface area contributed by atoms with Gasteiger partial charge in [0, 0.05) is 24.6 Å². The second kappa shape index (κ2) is 8.49. The Bertz CT molecular complexity index is 934. The number of nitrogens with one attached hydrogen (secondary N) is 2. The zero-order valence-electron chi connectivity index (χ0n) is 15.6. The lowest BCUT2D eigenvalue weighted by Crippen LogP contribution is -2.35. The molecule has 0 bridgehead atoms. The van der Waals surface area contributed by atoms with Crippen LogP contribution in [-0.4, -0.2) is 27.4 Å². The number of benzene rings is 2. The maximum Gasteiger partial charge on any atom is 0.251 e. The lowest BCUT2D eigenvalue weighted by molar-refractivity contribution is -0.116. The van der Waals surface area contributed by atoms with Crippen molar-refractivity contribution in [2.45, 2.75) is 39.3 Å². The molecule has 3 aromatic rings. The van der Waals surface area contributed by atoms with Crippen molar-refractivity contribution in [3.05, 3.63) is 60.2 Å². The number of hydrogen-bond acceptors (Lipinski definition) is 3. The van der Waals surface area contributed by atoms with Crippen LogP contribution in [0.2, 0.25) is 0 Å². The largest absolute Gasteiger partial charge is 0.349 e. The number of fused-ring (bicyclic) bond motifs is 1. The SMILES string of the molecule is CCCn1c(NC(=O)CC(C)NC(=O)c2ccccc2)nc2ccccc21. The second-order valence-electron chi connectivity index (χ2n) is 6.57. The molecule has 0 saturated carbocycles. The molecule has 0 spiro atoms. The molecular weight excluding hydrogens is 340 g/mol. The van der Waals surface area contributed by atoms with Gasteiger partial charge < -0.3 is 9.88 Å². The Hall–Kier alpha value is -3.15. The van der Waals surface area contributed by atoms with Gasteiger partial charge in [-0.3, -0.25) is 14.9 Å². The summed E-state index contributed by atoms with van der Waals surface area (Å²) in [5.74, 6) is 0.183. The molecule has 0 aliphatic rings. The van der Waals surface area contributed by atoms with Gasteiger partial charge in [0.1, 0.15) is 0 Å². The van der Waals surface area contributed by atoms with E-state index in [9.17, 15) is 9.59 Å². The number of rotatable bonds is 7. The summed E-state index contributed by atoms with van der Waals surface area (Å²) in [6, 6.07) is 16.5. The van der Waals surface area contributed by atoms with Crippen molar-refractivity contribution in [3.63, 3.8) is 0 Å². The van der Waals surface area contributed by atoms with E-state index < -0.39 is 0 Å². The second-order valence-corrected chi connectivity index (χ2v) is 6.57. The first-order chi connectivity index (χ1) is 13.1. The van der Waals surface area contributed by atoms with Crippen molar-refractivity contribution in [1.82, 2.24) is 14.9 Å².